The second-order valence-electron chi connectivity index (χ2n) is 4.10. The Morgan fingerprint density at radius 3 is 3.29 bits per heavy atom. The Labute approximate surface area is 108 Å². The van der Waals surface area contributed by atoms with Crippen molar-refractivity contribution in [2.24, 2.45) is 0 Å². The number of nitrogens with zero attached hydrogens (tertiary/aromatic N) is 2. The summed E-state index contributed by atoms with van der Waals surface area (Å²) >= 11 is 3.32. The molecule has 1 aliphatic heterocycles. The zero-order valence-corrected chi connectivity index (χ0v) is 11.1. The number of aliphatic hydroxyl groups excluding tert-OH is 1. The summed E-state index contributed by atoms with van der Waals surface area (Å²) in [5.41, 5.74) is 0.894. The Kier molecular flexibility index (Phi) is 3.12. The maximum absolute atomic E-state index is 9.46. The molecular weight excluding hydrogens is 256 g/mol. The average molecular weight is 270 g/mol. The van der Waals surface area contributed by atoms with Crippen LogP contribution in [0.4, 0.5) is 0 Å². The molecule has 1 N–H and O–H groups in total. The molecule has 2 aromatic rings. The van der Waals surface area contributed by atoms with Gasteiger partial charge < -0.3 is 9.84 Å². The highest BCUT2D eigenvalue weighted by atomic mass is 32.2. The van der Waals surface area contributed by atoms with Gasteiger partial charge in [0, 0.05) is 23.4 Å². The highest BCUT2D eigenvalue weighted by molar-refractivity contribution is 8.00. The van der Waals surface area contributed by atoms with Gasteiger partial charge in [-0.3, -0.25) is 4.40 Å². The van der Waals surface area contributed by atoms with E-state index in [1.54, 1.807) is 23.1 Å². The van der Waals surface area contributed by atoms with Gasteiger partial charge in [-0.05, 0) is 13.3 Å². The number of ether oxygens (including phenoxy) is 1. The minimum Gasteiger partial charge on any atom is -0.390 e. The first-order chi connectivity index (χ1) is 8.29. The fourth-order valence-electron chi connectivity index (χ4n) is 2.06. The van der Waals surface area contributed by atoms with Gasteiger partial charge in [0.25, 0.3) is 0 Å². The number of imidazole rings is 1. The van der Waals surface area contributed by atoms with Crippen molar-refractivity contribution >= 4 is 28.1 Å². The van der Waals surface area contributed by atoms with Crippen LogP contribution in [0.3, 0.4) is 0 Å². The van der Waals surface area contributed by atoms with Crippen LogP contribution >= 0.6 is 23.1 Å². The summed E-state index contributed by atoms with van der Waals surface area (Å²) in [6.45, 7) is 2.96. The van der Waals surface area contributed by atoms with Crippen molar-refractivity contribution in [2.75, 3.05) is 6.61 Å². The standard InChI is InChI=1S/C11H14N2O2S2/c1-7-9(2-4-15-7)17-10-8(6-14)13-3-5-16-11(13)12-10/h3,5,7,9,14H,2,4,6H2,1H3. The predicted octanol–water partition coefficient (Wildman–Crippen LogP) is 2.16. The Morgan fingerprint density at radius 1 is 1.71 bits per heavy atom. The molecule has 2 atom stereocenters. The molecule has 1 fully saturated rings. The van der Waals surface area contributed by atoms with E-state index in [-0.39, 0.29) is 12.7 Å². The van der Waals surface area contributed by atoms with E-state index in [0.29, 0.717) is 5.25 Å². The van der Waals surface area contributed by atoms with Gasteiger partial charge in [-0.25, -0.2) is 4.98 Å². The molecule has 1 saturated heterocycles. The normalized spacial score (nSPS) is 24.8. The molecule has 0 aromatic carbocycles. The number of aromatic nitrogens is 2. The third kappa shape index (κ3) is 1.99. The topological polar surface area (TPSA) is 46.8 Å². The molecule has 4 nitrogen and oxygen atoms in total. The average Bonchev–Trinajstić information content (AvgIpc) is 2.96. The van der Waals surface area contributed by atoms with Crippen molar-refractivity contribution in [3.63, 3.8) is 0 Å². The van der Waals surface area contributed by atoms with Crippen molar-refractivity contribution in [1.29, 1.82) is 0 Å². The summed E-state index contributed by atoms with van der Waals surface area (Å²) < 4.78 is 7.52. The molecule has 0 radical (unpaired) electrons. The van der Waals surface area contributed by atoms with Crippen LogP contribution in [0.15, 0.2) is 16.6 Å². The summed E-state index contributed by atoms with van der Waals surface area (Å²) in [7, 11) is 0. The van der Waals surface area contributed by atoms with Crippen molar-refractivity contribution < 1.29 is 9.84 Å². The molecule has 92 valence electrons. The Hall–Kier alpha value is -0.560. The lowest BCUT2D eigenvalue weighted by Crippen LogP contribution is -2.13. The number of thioether (sulfide) groups is 1. The van der Waals surface area contributed by atoms with E-state index in [1.165, 1.54) is 0 Å². The molecule has 3 rings (SSSR count). The highest BCUT2D eigenvalue weighted by Gasteiger charge is 2.27. The Morgan fingerprint density at radius 2 is 2.59 bits per heavy atom. The van der Waals surface area contributed by atoms with E-state index in [2.05, 4.69) is 11.9 Å². The third-order valence-electron chi connectivity index (χ3n) is 3.04. The molecule has 0 aliphatic carbocycles. The van der Waals surface area contributed by atoms with Crippen LogP contribution in [0.25, 0.3) is 4.96 Å². The van der Waals surface area contributed by atoms with Crippen molar-refractivity contribution in [3.05, 3.63) is 17.3 Å². The largest absolute Gasteiger partial charge is 0.390 e. The van der Waals surface area contributed by atoms with Crippen LogP contribution in [0, 0.1) is 0 Å². The van der Waals surface area contributed by atoms with Gasteiger partial charge in [-0.1, -0.05) is 11.8 Å². The third-order valence-corrected chi connectivity index (χ3v) is 5.27. The van der Waals surface area contributed by atoms with Crippen molar-refractivity contribution in [3.8, 4) is 0 Å². The second-order valence-corrected chi connectivity index (χ2v) is 6.20. The molecule has 3 heterocycles. The first-order valence-corrected chi connectivity index (χ1v) is 7.39. The minimum atomic E-state index is 0.0300. The van der Waals surface area contributed by atoms with Gasteiger partial charge in [0.1, 0.15) is 5.03 Å². The van der Waals surface area contributed by atoms with E-state index >= 15 is 0 Å². The molecule has 2 aromatic heterocycles. The predicted molar refractivity (Wildman–Crippen MR) is 68.7 cm³/mol. The van der Waals surface area contributed by atoms with Crippen LogP contribution in [0.5, 0.6) is 0 Å². The summed E-state index contributed by atoms with van der Waals surface area (Å²) in [6.07, 6.45) is 3.28. The van der Waals surface area contributed by atoms with Crippen LogP contribution in [-0.2, 0) is 11.3 Å². The fourth-order valence-corrected chi connectivity index (χ4v) is 4.06. The van der Waals surface area contributed by atoms with Crippen LogP contribution < -0.4 is 0 Å². The molecule has 6 heteroatoms. The van der Waals surface area contributed by atoms with E-state index in [4.69, 9.17) is 4.74 Å². The monoisotopic (exact) mass is 270 g/mol. The summed E-state index contributed by atoms with van der Waals surface area (Å²) in [6, 6.07) is 0. The van der Waals surface area contributed by atoms with E-state index in [1.807, 2.05) is 16.0 Å². The molecule has 0 amide bonds. The van der Waals surface area contributed by atoms with E-state index < -0.39 is 0 Å². The SMILES string of the molecule is CC1OCCC1Sc1nc2sccn2c1CO. The number of hydrogen-bond donors (Lipinski definition) is 1. The molecule has 17 heavy (non-hydrogen) atoms. The molecule has 2 unspecified atom stereocenters. The molecule has 0 bridgehead atoms. The van der Waals surface area contributed by atoms with Gasteiger partial charge in [-0.15, -0.1) is 11.3 Å². The summed E-state index contributed by atoms with van der Waals surface area (Å²) in [4.78, 5) is 5.52. The molecule has 1 aliphatic rings. The fraction of sp³-hybridized carbons (Fsp3) is 0.545. The molecule has 0 spiro atoms. The quantitative estimate of drug-likeness (QED) is 0.928. The van der Waals surface area contributed by atoms with E-state index in [0.717, 1.165) is 28.7 Å². The number of fused-ring (bicyclic) bond motifs is 1. The zero-order chi connectivity index (χ0) is 11.8. The first kappa shape index (κ1) is 11.5. The number of rotatable bonds is 3. The Balaban J connectivity index is 1.91. The van der Waals surface area contributed by atoms with Crippen molar-refractivity contribution in [1.82, 2.24) is 9.38 Å². The summed E-state index contributed by atoms with van der Waals surface area (Å²) in [5, 5.41) is 12.8. The maximum atomic E-state index is 9.46. The van der Waals surface area contributed by atoms with Gasteiger partial charge in [0.05, 0.1) is 18.4 Å². The number of hydrogen-bond acceptors (Lipinski definition) is 5. The highest BCUT2D eigenvalue weighted by Crippen LogP contribution is 2.35. The smallest absolute Gasteiger partial charge is 0.195 e. The maximum Gasteiger partial charge on any atom is 0.195 e. The molecular formula is C11H14N2O2S2. The van der Waals surface area contributed by atoms with Crippen LogP contribution in [-0.4, -0.2) is 32.5 Å². The number of thiazole rings is 1. The lowest BCUT2D eigenvalue weighted by molar-refractivity contribution is 0.127. The van der Waals surface area contributed by atoms with E-state index in [9.17, 15) is 5.11 Å². The number of aliphatic hydroxyl groups is 1. The zero-order valence-electron chi connectivity index (χ0n) is 9.50. The van der Waals surface area contributed by atoms with Gasteiger partial charge >= 0.3 is 0 Å². The summed E-state index contributed by atoms with van der Waals surface area (Å²) in [5.74, 6) is 0. The molecule has 0 saturated carbocycles. The second kappa shape index (κ2) is 4.61. The van der Waals surface area contributed by atoms with Crippen LogP contribution in [0.1, 0.15) is 19.0 Å². The van der Waals surface area contributed by atoms with Crippen LogP contribution in [0.2, 0.25) is 0 Å². The van der Waals surface area contributed by atoms with Gasteiger partial charge in [0.15, 0.2) is 4.96 Å². The van der Waals surface area contributed by atoms with Crippen molar-refractivity contribution in [2.45, 2.75) is 36.3 Å². The Bertz CT molecular complexity index is 522. The first-order valence-electron chi connectivity index (χ1n) is 5.63. The van der Waals surface area contributed by atoms with Gasteiger partial charge in [0.2, 0.25) is 0 Å². The van der Waals surface area contributed by atoms with Gasteiger partial charge in [-0.2, -0.15) is 0 Å². The lowest BCUT2D eigenvalue weighted by atomic mass is 10.3. The lowest BCUT2D eigenvalue weighted by Gasteiger charge is -2.12. The minimum absolute atomic E-state index is 0.0300.